The first-order chi connectivity index (χ1) is 13.4. The van der Waals surface area contributed by atoms with E-state index in [2.05, 4.69) is 32.5 Å². The Balaban J connectivity index is 1.69. The minimum atomic E-state index is -3.73. The number of rotatable bonds is 7. The summed E-state index contributed by atoms with van der Waals surface area (Å²) < 4.78 is 31.4. The minimum absolute atomic E-state index is 0.149. The van der Waals surface area contributed by atoms with Gasteiger partial charge in [0.25, 0.3) is 10.0 Å². The van der Waals surface area contributed by atoms with E-state index in [1.165, 1.54) is 18.3 Å². The molecule has 3 rings (SSSR count). The second-order valence-electron chi connectivity index (χ2n) is 5.76. The molecule has 0 aliphatic carbocycles. The van der Waals surface area contributed by atoms with E-state index >= 15 is 0 Å². The van der Waals surface area contributed by atoms with Gasteiger partial charge in [-0.15, -0.1) is 0 Å². The van der Waals surface area contributed by atoms with Crippen LogP contribution in [0, 0.1) is 3.57 Å². The van der Waals surface area contributed by atoms with Gasteiger partial charge >= 0.3 is 0 Å². The first kappa shape index (κ1) is 20.6. The van der Waals surface area contributed by atoms with Crippen molar-refractivity contribution in [1.82, 2.24) is 4.83 Å². The summed E-state index contributed by atoms with van der Waals surface area (Å²) in [5, 5.41) is 4.52. The number of sulfonamides is 1. The summed E-state index contributed by atoms with van der Waals surface area (Å²) in [4.78, 5) is 2.37. The highest BCUT2D eigenvalue weighted by molar-refractivity contribution is 14.1. The van der Waals surface area contributed by atoms with Gasteiger partial charge in [-0.25, -0.2) is 4.83 Å². The van der Waals surface area contributed by atoms with Crippen molar-refractivity contribution in [2.75, 3.05) is 0 Å². The maximum absolute atomic E-state index is 12.3. The summed E-state index contributed by atoms with van der Waals surface area (Å²) in [6.07, 6.45) is 1.41. The molecule has 5 nitrogen and oxygen atoms in total. The fraction of sp³-hybridized carbons (Fsp3) is 0.0500. The van der Waals surface area contributed by atoms with Crippen molar-refractivity contribution < 1.29 is 13.2 Å². The van der Waals surface area contributed by atoms with Gasteiger partial charge in [0.15, 0.2) is 0 Å². The molecule has 0 aliphatic heterocycles. The van der Waals surface area contributed by atoms with E-state index in [-0.39, 0.29) is 4.90 Å². The number of hydrazone groups is 1. The normalized spacial score (nSPS) is 11.5. The molecule has 0 aromatic heterocycles. The summed E-state index contributed by atoms with van der Waals surface area (Å²) in [5.74, 6) is 0.583. The molecule has 0 saturated carbocycles. The molecule has 0 amide bonds. The Morgan fingerprint density at radius 3 is 2.54 bits per heavy atom. The Bertz CT molecular complexity index is 1090. The van der Waals surface area contributed by atoms with Crippen molar-refractivity contribution in [1.29, 1.82) is 0 Å². The van der Waals surface area contributed by atoms with E-state index in [1.54, 1.807) is 30.3 Å². The van der Waals surface area contributed by atoms with Crippen LogP contribution in [0.2, 0.25) is 5.02 Å². The second-order valence-corrected chi connectivity index (χ2v) is 9.11. The quantitative estimate of drug-likeness (QED) is 0.272. The lowest BCUT2D eigenvalue weighted by atomic mass is 10.2. The van der Waals surface area contributed by atoms with Crippen molar-refractivity contribution in [3.8, 4) is 5.75 Å². The third kappa shape index (κ3) is 5.70. The van der Waals surface area contributed by atoms with Gasteiger partial charge in [0.05, 0.1) is 11.1 Å². The zero-order valence-electron chi connectivity index (χ0n) is 14.5. The molecule has 0 saturated heterocycles. The molecule has 8 heteroatoms. The second kappa shape index (κ2) is 9.40. The Morgan fingerprint density at radius 1 is 1.04 bits per heavy atom. The largest absolute Gasteiger partial charge is 0.488 e. The number of hydrogen-bond acceptors (Lipinski definition) is 4. The number of benzene rings is 3. The number of halogens is 2. The summed E-state index contributed by atoms with van der Waals surface area (Å²) >= 11 is 8.10. The van der Waals surface area contributed by atoms with Crippen LogP contribution >= 0.6 is 34.2 Å². The minimum Gasteiger partial charge on any atom is -0.488 e. The summed E-state index contributed by atoms with van der Waals surface area (Å²) in [7, 11) is -3.73. The smallest absolute Gasteiger partial charge is 0.276 e. The lowest BCUT2D eigenvalue weighted by Gasteiger charge is -2.09. The number of para-hydroxylation sites is 1. The van der Waals surface area contributed by atoms with E-state index < -0.39 is 10.0 Å². The van der Waals surface area contributed by atoms with Crippen LogP contribution in [0.1, 0.15) is 11.1 Å². The zero-order chi connectivity index (χ0) is 20.0. The summed E-state index contributed by atoms with van der Waals surface area (Å²) in [6.45, 7) is 0.333. The molecule has 0 bridgehead atoms. The molecule has 1 N–H and O–H groups in total. The average Bonchev–Trinajstić information content (AvgIpc) is 2.67. The Kier molecular flexibility index (Phi) is 6.93. The van der Waals surface area contributed by atoms with Gasteiger partial charge < -0.3 is 4.74 Å². The van der Waals surface area contributed by atoms with Gasteiger partial charge in [0, 0.05) is 14.2 Å². The number of hydrogen-bond donors (Lipinski definition) is 1. The van der Waals surface area contributed by atoms with E-state index in [1.807, 2.05) is 30.3 Å². The van der Waals surface area contributed by atoms with Crippen LogP contribution in [0.3, 0.4) is 0 Å². The summed E-state index contributed by atoms with van der Waals surface area (Å²) in [5.41, 5.74) is 1.58. The van der Waals surface area contributed by atoms with Crippen molar-refractivity contribution in [3.05, 3.63) is 92.5 Å². The molecule has 0 spiro atoms. The Hall–Kier alpha value is -2.10. The molecular formula is C20H16ClIN2O3S. The highest BCUT2D eigenvalue weighted by Crippen LogP contribution is 2.19. The van der Waals surface area contributed by atoms with Gasteiger partial charge in [-0.05, 0) is 76.7 Å². The topological polar surface area (TPSA) is 67.8 Å². The Morgan fingerprint density at radius 2 is 1.79 bits per heavy atom. The maximum Gasteiger partial charge on any atom is 0.276 e. The highest BCUT2D eigenvalue weighted by atomic mass is 127. The number of ether oxygens (including phenoxy) is 1. The summed E-state index contributed by atoms with van der Waals surface area (Å²) in [6, 6.07) is 21.1. The lowest BCUT2D eigenvalue weighted by molar-refractivity contribution is 0.306. The van der Waals surface area contributed by atoms with Crippen LogP contribution in [-0.2, 0) is 16.6 Å². The number of nitrogens with zero attached hydrogens (tertiary/aromatic N) is 1. The van der Waals surface area contributed by atoms with E-state index in [0.717, 1.165) is 9.13 Å². The SMILES string of the molecule is O=S(=O)(N/N=C\c1ccccc1OCc1cccc(Cl)c1)c1ccc(I)cc1. The monoisotopic (exact) mass is 526 g/mol. The first-order valence-electron chi connectivity index (χ1n) is 8.21. The maximum atomic E-state index is 12.3. The average molecular weight is 527 g/mol. The fourth-order valence-corrected chi connectivity index (χ4v) is 3.70. The standard InChI is InChI=1S/C20H16ClIN2O3S/c21-17-6-3-4-15(12-17)14-27-20-7-2-1-5-16(20)13-23-24-28(25,26)19-10-8-18(22)9-11-19/h1-13,24H,14H2/b23-13-. The van der Waals surface area contributed by atoms with Crippen LogP contribution < -0.4 is 9.57 Å². The molecule has 0 fully saturated rings. The molecule has 0 aliphatic rings. The van der Waals surface area contributed by atoms with Crippen molar-refractivity contribution in [2.24, 2.45) is 5.10 Å². The van der Waals surface area contributed by atoms with Gasteiger partial charge in [-0.2, -0.15) is 13.5 Å². The van der Waals surface area contributed by atoms with Crippen LogP contribution in [0.25, 0.3) is 0 Å². The molecule has 144 valence electrons. The van der Waals surface area contributed by atoms with Gasteiger partial charge in [0.1, 0.15) is 12.4 Å². The predicted octanol–water partition coefficient (Wildman–Crippen LogP) is 4.84. The van der Waals surface area contributed by atoms with Crippen molar-refractivity contribution in [3.63, 3.8) is 0 Å². The third-order valence-electron chi connectivity index (χ3n) is 3.70. The van der Waals surface area contributed by atoms with Crippen molar-refractivity contribution in [2.45, 2.75) is 11.5 Å². The highest BCUT2D eigenvalue weighted by Gasteiger charge is 2.12. The van der Waals surface area contributed by atoms with Crippen molar-refractivity contribution >= 4 is 50.4 Å². The van der Waals surface area contributed by atoms with E-state index in [0.29, 0.717) is 22.9 Å². The predicted molar refractivity (Wildman–Crippen MR) is 119 cm³/mol. The Labute approximate surface area is 182 Å². The van der Waals surface area contributed by atoms with Crippen LogP contribution in [-0.4, -0.2) is 14.6 Å². The first-order valence-corrected chi connectivity index (χ1v) is 11.1. The molecule has 0 heterocycles. The molecule has 3 aromatic rings. The molecular weight excluding hydrogens is 511 g/mol. The van der Waals surface area contributed by atoms with Gasteiger partial charge in [0.2, 0.25) is 0 Å². The molecule has 0 unspecified atom stereocenters. The van der Waals surface area contributed by atoms with Gasteiger partial charge in [-0.3, -0.25) is 0 Å². The van der Waals surface area contributed by atoms with E-state index in [9.17, 15) is 8.42 Å². The van der Waals surface area contributed by atoms with Crippen LogP contribution in [0.4, 0.5) is 0 Å². The van der Waals surface area contributed by atoms with Crippen LogP contribution in [0.5, 0.6) is 5.75 Å². The zero-order valence-corrected chi connectivity index (χ0v) is 18.3. The number of nitrogens with one attached hydrogen (secondary N) is 1. The molecule has 0 atom stereocenters. The lowest BCUT2D eigenvalue weighted by Crippen LogP contribution is -2.18. The molecule has 0 radical (unpaired) electrons. The molecule has 28 heavy (non-hydrogen) atoms. The van der Waals surface area contributed by atoms with Gasteiger partial charge in [-0.1, -0.05) is 35.9 Å². The van der Waals surface area contributed by atoms with E-state index in [4.69, 9.17) is 16.3 Å². The third-order valence-corrected chi connectivity index (χ3v) is 5.90. The fourth-order valence-electron chi connectivity index (χ4n) is 2.34. The van der Waals surface area contributed by atoms with Crippen LogP contribution in [0.15, 0.2) is 82.8 Å². The molecule has 3 aromatic carbocycles.